The molecule has 1 aliphatic carbocycles. The van der Waals surface area contributed by atoms with E-state index in [1.165, 1.54) is 36.4 Å². The monoisotopic (exact) mass is 439 g/mol. The summed E-state index contributed by atoms with van der Waals surface area (Å²) in [5.74, 6) is 2.09. The van der Waals surface area contributed by atoms with Gasteiger partial charge in [-0.2, -0.15) is 0 Å². The molecule has 30 heavy (non-hydrogen) atoms. The Bertz CT molecular complexity index is 1210. The van der Waals surface area contributed by atoms with Crippen LogP contribution in [0.1, 0.15) is 35.6 Å². The number of anilines is 3. The van der Waals surface area contributed by atoms with Crippen LogP contribution < -0.4 is 10.6 Å². The largest absolute Gasteiger partial charge is 0.364 e. The van der Waals surface area contributed by atoms with Crippen molar-refractivity contribution in [2.75, 3.05) is 10.6 Å². The summed E-state index contributed by atoms with van der Waals surface area (Å²) < 4.78 is 0. The summed E-state index contributed by atoms with van der Waals surface area (Å²) in [7, 11) is 0. The van der Waals surface area contributed by atoms with Gasteiger partial charge in [-0.25, -0.2) is 9.97 Å². The van der Waals surface area contributed by atoms with E-state index < -0.39 is 0 Å². The molecule has 0 aliphatic heterocycles. The van der Waals surface area contributed by atoms with Gasteiger partial charge in [-0.15, -0.1) is 0 Å². The molecule has 0 atom stereocenters. The van der Waals surface area contributed by atoms with Gasteiger partial charge in [0.25, 0.3) is 0 Å². The van der Waals surface area contributed by atoms with E-state index >= 15 is 0 Å². The second kappa shape index (κ2) is 7.74. The summed E-state index contributed by atoms with van der Waals surface area (Å²) in [4.78, 5) is 20.7. The number of fused-ring (bicyclic) bond motifs is 1. The lowest BCUT2D eigenvalue weighted by molar-refractivity contribution is 1.02. The van der Waals surface area contributed by atoms with Crippen LogP contribution in [-0.4, -0.2) is 24.9 Å². The smallest absolute Gasteiger partial charge is 0.205 e. The SMILES string of the molecule is Cc1cnc(NCc2cc3nc(Nc4c(Cl)cncc4Cl)[nH]c3cn2)cc1C1CC1. The lowest BCUT2D eigenvalue weighted by atomic mass is 10.1. The molecule has 1 aliphatic rings. The van der Waals surface area contributed by atoms with Crippen molar-refractivity contribution in [2.45, 2.75) is 32.2 Å². The third-order valence-corrected chi connectivity index (χ3v) is 5.71. The number of H-pyrrole nitrogens is 1. The molecule has 1 fully saturated rings. The molecule has 0 spiro atoms. The van der Waals surface area contributed by atoms with Gasteiger partial charge in [0.1, 0.15) is 5.82 Å². The molecule has 9 heteroatoms. The Balaban J connectivity index is 1.32. The number of aromatic amines is 1. The number of halogens is 2. The average Bonchev–Trinajstić information content (AvgIpc) is 3.49. The maximum Gasteiger partial charge on any atom is 0.205 e. The molecule has 4 heterocycles. The third-order valence-electron chi connectivity index (χ3n) is 5.13. The van der Waals surface area contributed by atoms with Crippen LogP contribution in [0.25, 0.3) is 11.0 Å². The fraction of sp³-hybridized carbons (Fsp3) is 0.238. The lowest BCUT2D eigenvalue weighted by Gasteiger charge is -2.09. The Hall–Kier alpha value is -2.90. The van der Waals surface area contributed by atoms with E-state index in [1.807, 2.05) is 12.3 Å². The van der Waals surface area contributed by atoms with Crippen LogP contribution in [0, 0.1) is 6.92 Å². The molecule has 0 amide bonds. The Kier molecular flexibility index (Phi) is 4.92. The van der Waals surface area contributed by atoms with Crippen LogP contribution >= 0.6 is 23.2 Å². The zero-order valence-electron chi connectivity index (χ0n) is 16.2. The van der Waals surface area contributed by atoms with Crippen LogP contribution in [0.5, 0.6) is 0 Å². The van der Waals surface area contributed by atoms with E-state index in [0.717, 1.165) is 22.5 Å². The van der Waals surface area contributed by atoms with Crippen molar-refractivity contribution >= 4 is 51.7 Å². The van der Waals surface area contributed by atoms with E-state index in [9.17, 15) is 0 Å². The van der Waals surface area contributed by atoms with Crippen LogP contribution in [0.2, 0.25) is 10.0 Å². The van der Waals surface area contributed by atoms with E-state index in [-0.39, 0.29) is 0 Å². The first-order chi connectivity index (χ1) is 14.6. The Morgan fingerprint density at radius 2 is 1.87 bits per heavy atom. The van der Waals surface area contributed by atoms with Gasteiger partial charge in [0.15, 0.2) is 0 Å². The summed E-state index contributed by atoms with van der Waals surface area (Å²) in [6, 6.07) is 4.10. The Labute approximate surface area is 183 Å². The molecular formula is C21H19Cl2N7. The van der Waals surface area contributed by atoms with Crippen LogP contribution in [-0.2, 0) is 6.54 Å². The van der Waals surface area contributed by atoms with Crippen molar-refractivity contribution in [3.8, 4) is 0 Å². The minimum absolute atomic E-state index is 0.419. The summed E-state index contributed by atoms with van der Waals surface area (Å²) in [5.41, 5.74) is 5.68. The number of aryl methyl sites for hydroxylation is 1. The van der Waals surface area contributed by atoms with E-state index in [1.54, 1.807) is 6.20 Å². The van der Waals surface area contributed by atoms with Crippen molar-refractivity contribution in [1.82, 2.24) is 24.9 Å². The van der Waals surface area contributed by atoms with Gasteiger partial charge in [-0.05, 0) is 48.9 Å². The first kappa shape index (κ1) is 19.1. The fourth-order valence-electron chi connectivity index (χ4n) is 3.41. The quantitative estimate of drug-likeness (QED) is 0.362. The van der Waals surface area contributed by atoms with E-state index in [4.69, 9.17) is 23.2 Å². The van der Waals surface area contributed by atoms with Gasteiger partial charge in [0.2, 0.25) is 5.95 Å². The molecule has 1 saturated carbocycles. The summed E-state index contributed by atoms with van der Waals surface area (Å²) in [5, 5.41) is 7.32. The first-order valence-electron chi connectivity index (χ1n) is 9.68. The van der Waals surface area contributed by atoms with E-state index in [0.29, 0.717) is 34.1 Å². The molecule has 0 bridgehead atoms. The predicted molar refractivity (Wildman–Crippen MR) is 120 cm³/mol. The number of hydrogen-bond acceptors (Lipinski definition) is 6. The van der Waals surface area contributed by atoms with Gasteiger partial charge < -0.3 is 15.6 Å². The van der Waals surface area contributed by atoms with Crippen molar-refractivity contribution in [1.29, 1.82) is 0 Å². The van der Waals surface area contributed by atoms with Gasteiger partial charge in [-0.3, -0.25) is 9.97 Å². The molecule has 3 N–H and O–H groups in total. The number of nitrogens with one attached hydrogen (secondary N) is 3. The highest BCUT2D eigenvalue weighted by atomic mass is 35.5. The molecule has 0 saturated heterocycles. The number of pyridine rings is 3. The highest BCUT2D eigenvalue weighted by Crippen LogP contribution is 2.42. The number of hydrogen-bond donors (Lipinski definition) is 3. The van der Waals surface area contributed by atoms with Gasteiger partial charge in [0.05, 0.1) is 45.2 Å². The zero-order valence-corrected chi connectivity index (χ0v) is 17.7. The molecule has 0 unspecified atom stereocenters. The van der Waals surface area contributed by atoms with E-state index in [2.05, 4.69) is 48.5 Å². The molecule has 0 aromatic carbocycles. The number of aromatic nitrogens is 5. The van der Waals surface area contributed by atoms with Crippen molar-refractivity contribution < 1.29 is 0 Å². The molecule has 152 valence electrons. The van der Waals surface area contributed by atoms with Crippen molar-refractivity contribution in [3.05, 3.63) is 63.8 Å². The van der Waals surface area contributed by atoms with Crippen molar-refractivity contribution in [2.24, 2.45) is 0 Å². The molecule has 0 radical (unpaired) electrons. The lowest BCUT2D eigenvalue weighted by Crippen LogP contribution is -2.04. The maximum atomic E-state index is 6.17. The first-order valence-corrected chi connectivity index (χ1v) is 10.4. The average molecular weight is 440 g/mol. The highest BCUT2D eigenvalue weighted by Gasteiger charge is 2.25. The van der Waals surface area contributed by atoms with Crippen LogP contribution in [0.4, 0.5) is 17.5 Å². The minimum Gasteiger partial charge on any atom is -0.364 e. The molecule has 4 aromatic rings. The summed E-state index contributed by atoms with van der Waals surface area (Å²) >= 11 is 12.3. The third kappa shape index (κ3) is 3.91. The predicted octanol–water partition coefficient (Wildman–Crippen LogP) is 5.60. The standard InChI is InChI=1S/C21H19Cl2N7/c1-11-6-26-19(5-14(11)12-2-3-12)27-7-13-4-17-18(10-25-13)29-21(28-17)30-20-15(22)8-24-9-16(20)23/h4-6,8-10,12H,2-3,7H2,1H3,(H,26,27)(H2,24,28,29,30). The van der Waals surface area contributed by atoms with Gasteiger partial charge >= 0.3 is 0 Å². The van der Waals surface area contributed by atoms with Crippen LogP contribution in [0.3, 0.4) is 0 Å². The second-order valence-corrected chi connectivity index (χ2v) is 8.25. The number of imidazole rings is 1. The number of rotatable bonds is 6. The number of nitrogens with zero attached hydrogens (tertiary/aromatic N) is 4. The maximum absolute atomic E-state index is 6.17. The zero-order chi connectivity index (χ0) is 20.7. The second-order valence-electron chi connectivity index (χ2n) is 7.44. The molecule has 5 rings (SSSR count). The Morgan fingerprint density at radius 1 is 1.07 bits per heavy atom. The topological polar surface area (TPSA) is 91.4 Å². The molecule has 7 nitrogen and oxygen atoms in total. The minimum atomic E-state index is 0.419. The van der Waals surface area contributed by atoms with Gasteiger partial charge in [-0.1, -0.05) is 23.2 Å². The molecule has 4 aromatic heterocycles. The Morgan fingerprint density at radius 3 is 2.63 bits per heavy atom. The van der Waals surface area contributed by atoms with Crippen LogP contribution in [0.15, 0.2) is 36.9 Å². The normalized spacial score (nSPS) is 13.6. The highest BCUT2D eigenvalue weighted by molar-refractivity contribution is 6.39. The van der Waals surface area contributed by atoms with Crippen molar-refractivity contribution in [3.63, 3.8) is 0 Å². The van der Waals surface area contributed by atoms with Gasteiger partial charge in [0, 0.05) is 18.6 Å². The fourth-order valence-corrected chi connectivity index (χ4v) is 3.87. The molecular weight excluding hydrogens is 421 g/mol. The summed E-state index contributed by atoms with van der Waals surface area (Å²) in [6.07, 6.45) is 9.29. The summed E-state index contributed by atoms with van der Waals surface area (Å²) in [6.45, 7) is 2.68.